The third-order valence-electron chi connectivity index (χ3n) is 1.30. The van der Waals surface area contributed by atoms with Gasteiger partial charge in [-0.3, -0.25) is 9.78 Å². The average molecular weight is 262 g/mol. The van der Waals surface area contributed by atoms with Crippen LogP contribution >= 0.6 is 0 Å². The third kappa shape index (κ3) is 11.3. The summed E-state index contributed by atoms with van der Waals surface area (Å²) in [5, 5.41) is 0. The topological polar surface area (TPSA) is 71.1 Å². The van der Waals surface area contributed by atoms with Gasteiger partial charge in [0.15, 0.2) is 0 Å². The van der Waals surface area contributed by atoms with Gasteiger partial charge in [-0.2, -0.15) is 9.78 Å². The van der Waals surface area contributed by atoms with E-state index in [1.165, 1.54) is 0 Å². The van der Waals surface area contributed by atoms with Gasteiger partial charge in [-0.25, -0.2) is 9.59 Å². The minimum absolute atomic E-state index is 0.123. The Kier molecular flexibility index (Phi) is 6.28. The monoisotopic (exact) mass is 262 g/mol. The van der Waals surface area contributed by atoms with E-state index in [0.29, 0.717) is 0 Å². The number of hydrogen-bond acceptors (Lipinski definition) is 6. The standard InChI is InChI=1S/C12H22O6/c1-11(2,3)17-15-9(13)7-8-10(14)16-18-12(4,5)6/h7-8H2,1-6H3. The number of carbonyl (C=O) groups is 2. The Hall–Kier alpha value is -1.14. The van der Waals surface area contributed by atoms with Crippen molar-refractivity contribution in [3.8, 4) is 0 Å². The number of carbonyl (C=O) groups excluding carboxylic acids is 2. The molecule has 18 heavy (non-hydrogen) atoms. The van der Waals surface area contributed by atoms with E-state index in [-0.39, 0.29) is 12.8 Å². The second-order valence-corrected chi connectivity index (χ2v) is 5.80. The maximum absolute atomic E-state index is 11.2. The van der Waals surface area contributed by atoms with Crippen molar-refractivity contribution in [2.45, 2.75) is 65.6 Å². The maximum atomic E-state index is 11.2. The minimum Gasteiger partial charge on any atom is -0.298 e. The summed E-state index contributed by atoms with van der Waals surface area (Å²) >= 11 is 0. The summed E-state index contributed by atoms with van der Waals surface area (Å²) < 4.78 is 0. The van der Waals surface area contributed by atoms with Crippen LogP contribution in [0.1, 0.15) is 54.4 Å². The van der Waals surface area contributed by atoms with Crippen molar-refractivity contribution in [2.24, 2.45) is 0 Å². The second kappa shape index (κ2) is 6.70. The Bertz CT molecular complexity index is 254. The molecular formula is C12H22O6. The van der Waals surface area contributed by atoms with Crippen LogP contribution in [0.2, 0.25) is 0 Å². The molecule has 106 valence electrons. The van der Waals surface area contributed by atoms with E-state index in [4.69, 9.17) is 9.78 Å². The molecule has 0 radical (unpaired) electrons. The smallest absolute Gasteiger partial charge is 0.298 e. The summed E-state index contributed by atoms with van der Waals surface area (Å²) in [6.07, 6.45) is -0.245. The highest BCUT2D eigenvalue weighted by Crippen LogP contribution is 2.10. The molecule has 0 atom stereocenters. The maximum Gasteiger partial charge on any atom is 0.342 e. The SMILES string of the molecule is CC(C)(C)OOC(=O)CCC(=O)OOC(C)(C)C. The highest BCUT2D eigenvalue weighted by molar-refractivity contribution is 5.77. The predicted molar refractivity (Wildman–Crippen MR) is 63.1 cm³/mol. The highest BCUT2D eigenvalue weighted by Gasteiger charge is 2.18. The molecule has 0 aliphatic heterocycles. The summed E-state index contributed by atoms with van der Waals surface area (Å²) in [6.45, 7) is 10.5. The molecule has 6 heteroatoms. The van der Waals surface area contributed by atoms with E-state index >= 15 is 0 Å². The summed E-state index contributed by atoms with van der Waals surface area (Å²) in [6, 6.07) is 0. The number of rotatable bonds is 5. The van der Waals surface area contributed by atoms with E-state index in [1.54, 1.807) is 41.5 Å². The Labute approximate surface area is 107 Å². The summed E-state index contributed by atoms with van der Waals surface area (Å²) in [5.41, 5.74) is -1.16. The van der Waals surface area contributed by atoms with Crippen LogP contribution in [0.25, 0.3) is 0 Å². The fourth-order valence-electron chi connectivity index (χ4n) is 0.630. The van der Waals surface area contributed by atoms with E-state index in [0.717, 1.165) is 0 Å². The van der Waals surface area contributed by atoms with Crippen LogP contribution in [0.15, 0.2) is 0 Å². The van der Waals surface area contributed by atoms with Crippen LogP contribution in [0.4, 0.5) is 0 Å². The average Bonchev–Trinajstić information content (AvgIpc) is 2.18. The van der Waals surface area contributed by atoms with Crippen molar-refractivity contribution < 1.29 is 29.1 Å². The van der Waals surface area contributed by atoms with Gasteiger partial charge < -0.3 is 0 Å². The first kappa shape index (κ1) is 16.9. The van der Waals surface area contributed by atoms with Gasteiger partial charge in [0, 0.05) is 0 Å². The number of hydrogen-bond donors (Lipinski definition) is 0. The minimum atomic E-state index is -0.627. The molecule has 0 amide bonds. The molecule has 0 rings (SSSR count). The van der Waals surface area contributed by atoms with Crippen LogP contribution in [0.5, 0.6) is 0 Å². The van der Waals surface area contributed by atoms with E-state index in [2.05, 4.69) is 9.78 Å². The zero-order chi connectivity index (χ0) is 14.4. The lowest BCUT2D eigenvalue weighted by molar-refractivity contribution is -0.324. The van der Waals surface area contributed by atoms with Crippen molar-refractivity contribution in [2.75, 3.05) is 0 Å². The van der Waals surface area contributed by atoms with Gasteiger partial charge in [0.2, 0.25) is 0 Å². The molecule has 0 aromatic carbocycles. The largest absolute Gasteiger partial charge is 0.342 e. The normalized spacial score (nSPS) is 12.1. The second-order valence-electron chi connectivity index (χ2n) is 5.80. The molecule has 0 heterocycles. The van der Waals surface area contributed by atoms with Crippen molar-refractivity contribution in [1.29, 1.82) is 0 Å². The van der Waals surface area contributed by atoms with Gasteiger partial charge in [-0.15, -0.1) is 0 Å². The molecule has 0 saturated carbocycles. The van der Waals surface area contributed by atoms with Crippen molar-refractivity contribution >= 4 is 11.9 Å². The first-order valence-electron chi connectivity index (χ1n) is 5.77. The summed E-state index contributed by atoms with van der Waals surface area (Å²) in [5.74, 6) is -1.25. The van der Waals surface area contributed by atoms with Crippen molar-refractivity contribution in [3.05, 3.63) is 0 Å². The first-order chi connectivity index (χ1) is 7.99. The van der Waals surface area contributed by atoms with Gasteiger partial charge in [0.1, 0.15) is 11.2 Å². The van der Waals surface area contributed by atoms with Crippen LogP contribution in [0.3, 0.4) is 0 Å². The van der Waals surface area contributed by atoms with E-state index < -0.39 is 23.1 Å². The molecule has 0 unspecified atom stereocenters. The highest BCUT2D eigenvalue weighted by atomic mass is 17.2. The lowest BCUT2D eigenvalue weighted by atomic mass is 10.2. The van der Waals surface area contributed by atoms with E-state index in [9.17, 15) is 9.59 Å². The molecule has 0 fully saturated rings. The predicted octanol–water partition coefficient (Wildman–Crippen LogP) is 2.31. The molecule has 0 N–H and O–H groups in total. The van der Waals surface area contributed by atoms with Gasteiger partial charge in [-0.1, -0.05) is 0 Å². The molecule has 0 spiro atoms. The first-order valence-corrected chi connectivity index (χ1v) is 5.77. The van der Waals surface area contributed by atoms with E-state index in [1.807, 2.05) is 0 Å². The Morgan fingerprint density at radius 3 is 1.22 bits per heavy atom. The summed E-state index contributed by atoms with van der Waals surface area (Å²) in [4.78, 5) is 41.0. The Morgan fingerprint density at radius 1 is 0.722 bits per heavy atom. The lowest BCUT2D eigenvalue weighted by Crippen LogP contribution is -2.23. The molecular weight excluding hydrogens is 240 g/mol. The van der Waals surface area contributed by atoms with Crippen molar-refractivity contribution in [1.82, 2.24) is 0 Å². The molecule has 0 aliphatic carbocycles. The van der Waals surface area contributed by atoms with Crippen LogP contribution in [-0.2, 0) is 29.1 Å². The Morgan fingerprint density at radius 2 is 1.00 bits per heavy atom. The fourth-order valence-corrected chi connectivity index (χ4v) is 0.630. The Balaban J connectivity index is 3.76. The molecule has 0 aromatic rings. The van der Waals surface area contributed by atoms with Gasteiger partial charge in [-0.05, 0) is 41.5 Å². The molecule has 0 bridgehead atoms. The van der Waals surface area contributed by atoms with Gasteiger partial charge in [0.25, 0.3) is 0 Å². The van der Waals surface area contributed by atoms with Crippen molar-refractivity contribution in [3.63, 3.8) is 0 Å². The zero-order valence-electron chi connectivity index (χ0n) is 11.9. The third-order valence-corrected chi connectivity index (χ3v) is 1.30. The fraction of sp³-hybridized carbons (Fsp3) is 0.833. The zero-order valence-corrected chi connectivity index (χ0v) is 11.9. The summed E-state index contributed by atoms with van der Waals surface area (Å²) in [7, 11) is 0. The molecule has 0 aliphatic rings. The molecule has 0 aromatic heterocycles. The van der Waals surface area contributed by atoms with Crippen LogP contribution in [0, 0.1) is 0 Å². The van der Waals surface area contributed by atoms with Gasteiger partial charge >= 0.3 is 11.9 Å². The quantitative estimate of drug-likeness (QED) is 0.559. The molecule has 6 nitrogen and oxygen atoms in total. The lowest BCUT2D eigenvalue weighted by Gasteiger charge is -2.17. The van der Waals surface area contributed by atoms with Crippen LogP contribution in [-0.4, -0.2) is 23.1 Å². The van der Waals surface area contributed by atoms with Gasteiger partial charge in [0.05, 0.1) is 12.8 Å². The van der Waals surface area contributed by atoms with Crippen LogP contribution < -0.4 is 0 Å². The molecule has 0 saturated heterocycles.